The third-order valence-electron chi connectivity index (χ3n) is 8.61. The number of methoxy groups -OCH3 is 2. The summed E-state index contributed by atoms with van der Waals surface area (Å²) in [6, 6.07) is 4.13. The zero-order chi connectivity index (χ0) is 48.4. The quantitative estimate of drug-likeness (QED) is 0.0513. The van der Waals surface area contributed by atoms with E-state index < -0.39 is 147 Å². The highest BCUT2D eigenvalue weighted by atomic mass is 32.2. The van der Waals surface area contributed by atoms with Crippen LogP contribution in [0.1, 0.15) is 15.9 Å². The van der Waals surface area contributed by atoms with Gasteiger partial charge in [-0.15, -0.1) is 0 Å². The number of halogens is 1. The van der Waals surface area contributed by atoms with Crippen molar-refractivity contribution in [3.05, 3.63) is 69.5 Å². The highest BCUT2D eigenvalue weighted by molar-refractivity contribution is 7.93. The molecule has 27 nitrogen and oxygen atoms in total. The van der Waals surface area contributed by atoms with Crippen molar-refractivity contribution in [2.24, 2.45) is 10.2 Å². The summed E-state index contributed by atoms with van der Waals surface area (Å²) in [4.78, 5) is 34.8. The van der Waals surface area contributed by atoms with Gasteiger partial charge in [0.1, 0.15) is 15.5 Å². The van der Waals surface area contributed by atoms with Crippen LogP contribution in [0.15, 0.2) is 67.4 Å². The summed E-state index contributed by atoms with van der Waals surface area (Å²) in [5.74, 6) is -6.29. The normalized spacial score (nSPS) is 15.9. The van der Waals surface area contributed by atoms with Crippen LogP contribution in [-0.2, 0) is 55.1 Å². The predicted octanol–water partition coefficient (Wildman–Crippen LogP) is 0.329. The molecular weight excluding hydrogens is 978 g/mol. The minimum Gasteiger partial charge on any atom is -0.493 e. The van der Waals surface area contributed by atoms with Crippen LogP contribution in [0.2, 0.25) is 0 Å². The van der Waals surface area contributed by atoms with Gasteiger partial charge in [-0.3, -0.25) is 38.7 Å². The van der Waals surface area contributed by atoms with Gasteiger partial charge in [0, 0.05) is 36.9 Å². The number of nitrogens with zero attached hydrogens (tertiary/aromatic N) is 6. The van der Waals surface area contributed by atoms with Gasteiger partial charge >= 0.3 is 6.08 Å². The molecule has 0 saturated heterocycles. The molecule has 65 heavy (non-hydrogen) atoms. The molecule has 3 aromatic rings. The molecule has 1 heterocycles. The van der Waals surface area contributed by atoms with E-state index in [-0.39, 0.29) is 22.9 Å². The SMILES string of the molecule is COc1cc(N/N=C2/C=C(S(=O)(=O)O)C=CC2=O)c(N/N=C2/C(=O)c3ccc(Nc4nc(F)nc(N(C)CCS(=O)(=O)CCS(=O)(=O)O)n4)c(S(=O)(=O)O)c3C=C2S(=O)(=O)O)cc1OC. The van der Waals surface area contributed by atoms with Gasteiger partial charge in [0.15, 0.2) is 27.0 Å². The maximum absolute atomic E-state index is 14.7. The van der Waals surface area contributed by atoms with Crippen LogP contribution in [0.3, 0.4) is 0 Å². The number of ether oxygens (including phenoxy) is 2. The first-order valence-corrected chi connectivity index (χ1v) is 25.1. The summed E-state index contributed by atoms with van der Waals surface area (Å²) < 4.78 is 185. The fourth-order valence-corrected chi connectivity index (χ4v) is 10.1. The van der Waals surface area contributed by atoms with E-state index in [9.17, 15) is 69.7 Å². The molecule has 2 aliphatic rings. The summed E-state index contributed by atoms with van der Waals surface area (Å²) in [6.45, 7) is -0.467. The molecule has 0 spiro atoms. The van der Waals surface area contributed by atoms with E-state index in [0.29, 0.717) is 6.08 Å². The van der Waals surface area contributed by atoms with Crippen molar-refractivity contribution < 1.29 is 83.8 Å². The third-order valence-corrected chi connectivity index (χ3v) is 13.9. The molecule has 2 aromatic carbocycles. The fourth-order valence-electron chi connectivity index (χ4n) is 5.50. The van der Waals surface area contributed by atoms with Crippen molar-refractivity contribution in [2.75, 3.05) is 66.1 Å². The second-order valence-corrected chi connectivity index (χ2v) is 21.1. The van der Waals surface area contributed by atoms with Crippen molar-refractivity contribution in [3.8, 4) is 11.5 Å². The number of hydrogen-bond acceptors (Lipinski definition) is 23. The predicted molar refractivity (Wildman–Crippen MR) is 227 cm³/mol. The van der Waals surface area contributed by atoms with E-state index in [0.717, 1.165) is 35.3 Å². The molecule has 0 saturated carbocycles. The number of nitrogens with one attached hydrogen (secondary N) is 3. The summed E-state index contributed by atoms with van der Waals surface area (Å²) in [6.07, 6.45) is 1.31. The number of sulfone groups is 1. The molecule has 2 aliphatic carbocycles. The van der Waals surface area contributed by atoms with E-state index >= 15 is 0 Å². The number of aromatic nitrogens is 3. The zero-order valence-electron chi connectivity index (χ0n) is 33.1. The Bertz CT molecular complexity index is 3250. The molecule has 1 aromatic heterocycles. The van der Waals surface area contributed by atoms with Gasteiger partial charge < -0.3 is 19.7 Å². The van der Waals surface area contributed by atoms with Crippen molar-refractivity contribution in [1.29, 1.82) is 0 Å². The largest absolute Gasteiger partial charge is 0.493 e. The number of Topliss-reactive ketones (excluding diaryl/α,β-unsaturated/α-hetero) is 1. The van der Waals surface area contributed by atoms with Crippen LogP contribution >= 0.6 is 0 Å². The van der Waals surface area contributed by atoms with Gasteiger partial charge in [-0.1, -0.05) is 0 Å². The van der Waals surface area contributed by atoms with Gasteiger partial charge in [0.25, 0.3) is 40.5 Å². The lowest BCUT2D eigenvalue weighted by Gasteiger charge is -2.21. The van der Waals surface area contributed by atoms with Crippen LogP contribution in [0, 0.1) is 6.08 Å². The number of ketones is 2. The average molecular weight is 1010 g/mol. The number of hydrogen-bond donors (Lipinski definition) is 7. The fraction of sp³-hybridized carbons (Fsp3) is 0.219. The number of allylic oxidation sites excluding steroid dienone is 4. The Morgan fingerprint density at radius 3 is 1.91 bits per heavy atom. The second kappa shape index (κ2) is 18.6. The van der Waals surface area contributed by atoms with Crippen LogP contribution in [0.5, 0.6) is 11.5 Å². The van der Waals surface area contributed by atoms with Crippen LogP contribution < -0.4 is 30.5 Å². The number of carbonyl (C=O) groups is 2. The summed E-state index contributed by atoms with van der Waals surface area (Å²) in [5, 5.41) is 9.98. The lowest BCUT2D eigenvalue weighted by Crippen LogP contribution is -2.30. The highest BCUT2D eigenvalue weighted by Gasteiger charge is 2.37. The number of anilines is 5. The van der Waals surface area contributed by atoms with Crippen LogP contribution in [0.25, 0.3) is 6.08 Å². The molecule has 0 amide bonds. The Hall–Kier alpha value is -6.33. The van der Waals surface area contributed by atoms with E-state index in [1.807, 2.05) is 0 Å². The van der Waals surface area contributed by atoms with Gasteiger partial charge in [0.05, 0.1) is 53.4 Å². The molecular formula is C32H32FN9O18S5. The van der Waals surface area contributed by atoms with E-state index in [4.69, 9.17) is 14.0 Å². The topological polar surface area (TPSA) is 407 Å². The first kappa shape index (κ1) is 49.7. The second-order valence-electron chi connectivity index (χ2n) is 13.1. The first-order chi connectivity index (χ1) is 30.0. The first-order valence-electron chi connectivity index (χ1n) is 17.3. The standard InChI is InChI=1S/C32H32FN9O18S5/c1-42(8-9-61(45,46)10-11-62(47,48)49)32-36-30(33)35-31(37-32)34-19-6-5-17-18(29(19)65(56,57)58)13-26(64(53,54)55)27(28(17)44)41-39-21-15-25(60-3)24(59-2)14-20(21)38-40-22-12-16(63(50,51)52)4-7-23(22)43/h4-7,12-15,38-39H,8-11H2,1-3H3,(H,47,48,49)(H,50,51,52)(H,53,54,55)(H,56,57,58)(H,34,35,36,37)/b40-22-,41-27+. The van der Waals surface area contributed by atoms with Crippen LogP contribution in [-0.4, -0.2) is 143 Å². The lowest BCUT2D eigenvalue weighted by atomic mass is 9.94. The number of hydrazone groups is 2. The number of fused-ring (bicyclic) bond motifs is 1. The molecule has 0 atom stereocenters. The minimum atomic E-state index is -5.52. The smallest absolute Gasteiger partial charge is 0.315 e. The van der Waals surface area contributed by atoms with Crippen LogP contribution in [0.4, 0.5) is 33.3 Å². The van der Waals surface area contributed by atoms with E-state index in [1.54, 1.807) is 0 Å². The molecule has 0 fully saturated rings. The minimum absolute atomic E-state index is 0.0131. The molecule has 5 rings (SSSR count). The van der Waals surface area contributed by atoms with Gasteiger partial charge in [-0.2, -0.15) is 63.2 Å². The Labute approximate surface area is 367 Å². The van der Waals surface area contributed by atoms with E-state index in [2.05, 4.69) is 41.3 Å². The zero-order valence-corrected chi connectivity index (χ0v) is 37.1. The number of carbonyl (C=O) groups excluding carboxylic acids is 2. The Morgan fingerprint density at radius 1 is 0.738 bits per heavy atom. The summed E-state index contributed by atoms with van der Waals surface area (Å²) >= 11 is 0. The van der Waals surface area contributed by atoms with Gasteiger partial charge in [0.2, 0.25) is 23.5 Å². The molecule has 0 bridgehead atoms. The Morgan fingerprint density at radius 2 is 1.35 bits per heavy atom. The van der Waals surface area contributed by atoms with E-state index in [1.165, 1.54) is 33.4 Å². The summed E-state index contributed by atoms with van der Waals surface area (Å²) in [5.41, 5.74) is 0.619. The third kappa shape index (κ3) is 12.3. The van der Waals surface area contributed by atoms with Crippen molar-refractivity contribution in [3.63, 3.8) is 0 Å². The number of rotatable bonds is 18. The summed E-state index contributed by atoms with van der Waals surface area (Å²) in [7, 11) is -20.9. The molecule has 0 unspecified atom stereocenters. The average Bonchev–Trinajstić information content (AvgIpc) is 3.19. The highest BCUT2D eigenvalue weighted by Crippen LogP contribution is 2.39. The molecule has 0 aliphatic heterocycles. The molecule has 0 radical (unpaired) electrons. The maximum Gasteiger partial charge on any atom is 0.315 e. The monoisotopic (exact) mass is 1010 g/mol. The van der Waals surface area contributed by atoms with Gasteiger partial charge in [-0.25, -0.2) is 8.42 Å². The van der Waals surface area contributed by atoms with Crippen molar-refractivity contribution in [1.82, 2.24) is 15.0 Å². The Kier molecular flexibility index (Phi) is 14.2. The molecule has 7 N–H and O–H groups in total. The van der Waals surface area contributed by atoms with Gasteiger partial charge in [-0.05, 0) is 36.4 Å². The Balaban J connectivity index is 1.54. The maximum atomic E-state index is 14.7. The number of benzene rings is 2. The lowest BCUT2D eigenvalue weighted by molar-refractivity contribution is -0.108. The molecule has 350 valence electrons. The van der Waals surface area contributed by atoms with Crippen molar-refractivity contribution >= 4 is 108 Å². The van der Waals surface area contributed by atoms with Crippen molar-refractivity contribution in [2.45, 2.75) is 4.90 Å². The molecule has 33 heteroatoms.